The van der Waals surface area contributed by atoms with E-state index in [1.54, 1.807) is 0 Å². The van der Waals surface area contributed by atoms with Crippen molar-refractivity contribution < 1.29 is 23.9 Å². The van der Waals surface area contributed by atoms with Crippen LogP contribution in [0.3, 0.4) is 0 Å². The van der Waals surface area contributed by atoms with E-state index < -0.39 is 17.9 Å². The third kappa shape index (κ3) is 6.18. The number of ether oxygens (including phenoxy) is 2. The Balaban J connectivity index is 1.000. The van der Waals surface area contributed by atoms with Gasteiger partial charge in [0.2, 0.25) is 0 Å². The SMILES string of the molecule is CC(C)CCCC(C)C1CCC2C3CCC4CC(c5ccccc5)(c5ccc(OC(=O)c6ccc7c(c6)C(=O)OC7=O)cc5)CCC4(C)C3CCC12C. The largest absolute Gasteiger partial charge is 0.423 e. The second-order valence-corrected chi connectivity index (χ2v) is 18.7. The van der Waals surface area contributed by atoms with Crippen molar-refractivity contribution in [1.29, 1.82) is 0 Å². The van der Waals surface area contributed by atoms with E-state index in [2.05, 4.69) is 81.8 Å². The molecule has 3 aromatic carbocycles. The van der Waals surface area contributed by atoms with Crippen molar-refractivity contribution in [3.05, 3.63) is 101 Å². The highest BCUT2D eigenvalue weighted by Crippen LogP contribution is 2.70. The Morgan fingerprint density at radius 1 is 0.755 bits per heavy atom. The average Bonchev–Trinajstić information content (AvgIpc) is 3.66. The molecule has 4 fully saturated rings. The number of hydrogen-bond donors (Lipinski definition) is 0. The maximum absolute atomic E-state index is 13.1. The Kier molecular flexibility index (Phi) is 9.47. The Morgan fingerprint density at radius 3 is 2.23 bits per heavy atom. The van der Waals surface area contributed by atoms with Crippen LogP contribution >= 0.6 is 0 Å². The van der Waals surface area contributed by atoms with Gasteiger partial charge in [-0.3, -0.25) is 0 Å². The van der Waals surface area contributed by atoms with Crippen LogP contribution in [-0.2, 0) is 10.2 Å². The van der Waals surface area contributed by atoms with E-state index in [9.17, 15) is 14.4 Å². The van der Waals surface area contributed by atoms with Gasteiger partial charge in [0.1, 0.15) is 5.75 Å². The van der Waals surface area contributed by atoms with Crippen molar-refractivity contribution in [1.82, 2.24) is 0 Å². The van der Waals surface area contributed by atoms with Gasteiger partial charge >= 0.3 is 17.9 Å². The lowest BCUT2D eigenvalue weighted by Gasteiger charge is -2.63. The zero-order valence-corrected chi connectivity index (χ0v) is 32.5. The molecule has 9 unspecified atom stereocenters. The lowest BCUT2D eigenvalue weighted by atomic mass is 9.42. The van der Waals surface area contributed by atoms with Crippen LogP contribution in [-0.4, -0.2) is 17.9 Å². The van der Waals surface area contributed by atoms with Gasteiger partial charge in [-0.15, -0.1) is 0 Å². The number of esters is 3. The minimum absolute atomic E-state index is 0.0965. The summed E-state index contributed by atoms with van der Waals surface area (Å²) < 4.78 is 10.5. The van der Waals surface area contributed by atoms with Crippen LogP contribution in [0.15, 0.2) is 72.8 Å². The van der Waals surface area contributed by atoms with Crippen molar-refractivity contribution >= 4 is 17.9 Å². The molecule has 280 valence electrons. The molecule has 4 aliphatic carbocycles. The maximum Gasteiger partial charge on any atom is 0.346 e. The van der Waals surface area contributed by atoms with Crippen LogP contribution in [0.25, 0.3) is 0 Å². The Labute approximate surface area is 316 Å². The zero-order chi connectivity index (χ0) is 37.1. The highest BCUT2D eigenvalue weighted by atomic mass is 16.6. The molecule has 0 radical (unpaired) electrons. The summed E-state index contributed by atoms with van der Waals surface area (Å²) in [4.78, 5) is 37.0. The number of carbonyl (C=O) groups excluding carboxylic acids is 3. The summed E-state index contributed by atoms with van der Waals surface area (Å²) in [5, 5.41) is 0. The predicted octanol–water partition coefficient (Wildman–Crippen LogP) is 11.6. The molecule has 5 heteroatoms. The average molecular weight is 715 g/mol. The monoisotopic (exact) mass is 714 g/mol. The molecule has 0 bridgehead atoms. The first-order chi connectivity index (χ1) is 25.4. The third-order valence-corrected chi connectivity index (χ3v) is 15.8. The highest BCUT2D eigenvalue weighted by molar-refractivity contribution is 6.15. The zero-order valence-electron chi connectivity index (χ0n) is 32.5. The smallest absolute Gasteiger partial charge is 0.346 e. The van der Waals surface area contributed by atoms with Crippen molar-refractivity contribution in [3.8, 4) is 5.75 Å². The number of fused-ring (bicyclic) bond motifs is 6. The van der Waals surface area contributed by atoms with E-state index in [0.29, 0.717) is 22.5 Å². The predicted molar refractivity (Wildman–Crippen MR) is 208 cm³/mol. The molecule has 0 amide bonds. The number of hydrogen-bond acceptors (Lipinski definition) is 5. The molecule has 53 heavy (non-hydrogen) atoms. The fraction of sp³-hybridized carbons (Fsp3) is 0.562. The summed E-state index contributed by atoms with van der Waals surface area (Å²) in [6.45, 7) is 12.7. The normalized spacial score (nSPS) is 33.7. The van der Waals surface area contributed by atoms with E-state index in [-0.39, 0.29) is 22.1 Å². The van der Waals surface area contributed by atoms with Gasteiger partial charge in [0, 0.05) is 5.41 Å². The van der Waals surface area contributed by atoms with Crippen LogP contribution in [0.2, 0.25) is 0 Å². The Morgan fingerprint density at radius 2 is 1.47 bits per heavy atom. The number of carbonyl (C=O) groups is 3. The first-order valence-electron chi connectivity index (χ1n) is 20.7. The van der Waals surface area contributed by atoms with Crippen molar-refractivity contribution in [2.45, 2.75) is 117 Å². The van der Waals surface area contributed by atoms with Crippen molar-refractivity contribution in [3.63, 3.8) is 0 Å². The lowest BCUT2D eigenvalue weighted by Crippen LogP contribution is -2.55. The molecule has 1 heterocycles. The minimum Gasteiger partial charge on any atom is -0.423 e. The van der Waals surface area contributed by atoms with Crippen molar-refractivity contribution in [2.75, 3.05) is 0 Å². The molecule has 3 aromatic rings. The quantitative estimate of drug-likeness (QED) is 0.125. The molecule has 9 atom stereocenters. The summed E-state index contributed by atoms with van der Waals surface area (Å²) in [7, 11) is 0. The molecule has 4 saturated carbocycles. The second kappa shape index (κ2) is 13.8. The first kappa shape index (κ1) is 36.3. The maximum atomic E-state index is 13.1. The number of cyclic esters (lactones) is 2. The fourth-order valence-electron chi connectivity index (χ4n) is 13.0. The van der Waals surface area contributed by atoms with Gasteiger partial charge in [-0.1, -0.05) is 96.3 Å². The van der Waals surface area contributed by atoms with Gasteiger partial charge in [0.15, 0.2) is 0 Å². The van der Waals surface area contributed by atoms with Gasteiger partial charge in [-0.05, 0) is 152 Å². The molecule has 8 rings (SSSR count). The molecule has 5 aliphatic rings. The molecule has 5 nitrogen and oxygen atoms in total. The van der Waals surface area contributed by atoms with Crippen LogP contribution in [0.5, 0.6) is 5.75 Å². The first-order valence-corrected chi connectivity index (χ1v) is 20.7. The van der Waals surface area contributed by atoms with Gasteiger partial charge in [0.05, 0.1) is 16.7 Å². The van der Waals surface area contributed by atoms with Crippen LogP contribution in [0.4, 0.5) is 0 Å². The Hall–Kier alpha value is -3.73. The fourth-order valence-corrected chi connectivity index (χ4v) is 13.0. The Bertz CT molecular complexity index is 1860. The minimum atomic E-state index is -0.737. The topological polar surface area (TPSA) is 69.7 Å². The van der Waals surface area contributed by atoms with Crippen LogP contribution < -0.4 is 4.74 Å². The number of benzene rings is 3. The van der Waals surface area contributed by atoms with E-state index in [4.69, 9.17) is 4.74 Å². The summed E-state index contributed by atoms with van der Waals surface area (Å²) in [5.41, 5.74) is 3.93. The summed E-state index contributed by atoms with van der Waals surface area (Å²) in [5.74, 6) is 4.25. The molecule has 0 saturated heterocycles. The second-order valence-electron chi connectivity index (χ2n) is 18.7. The van der Waals surface area contributed by atoms with Gasteiger partial charge in [-0.2, -0.15) is 0 Å². The van der Waals surface area contributed by atoms with Crippen molar-refractivity contribution in [2.24, 2.45) is 52.3 Å². The van der Waals surface area contributed by atoms with Gasteiger partial charge in [-0.25, -0.2) is 14.4 Å². The van der Waals surface area contributed by atoms with Gasteiger partial charge in [0.25, 0.3) is 0 Å². The van der Waals surface area contributed by atoms with E-state index >= 15 is 0 Å². The lowest BCUT2D eigenvalue weighted by molar-refractivity contribution is -0.122. The molecule has 1 aliphatic heterocycles. The summed E-state index contributed by atoms with van der Waals surface area (Å²) in [6.07, 6.45) is 16.1. The summed E-state index contributed by atoms with van der Waals surface area (Å²) >= 11 is 0. The highest BCUT2D eigenvalue weighted by Gasteiger charge is 2.62. The van der Waals surface area contributed by atoms with Crippen LogP contribution in [0, 0.1) is 52.3 Å². The molecule has 0 spiro atoms. The van der Waals surface area contributed by atoms with E-state index in [1.165, 1.54) is 93.5 Å². The van der Waals surface area contributed by atoms with Crippen LogP contribution in [0.1, 0.15) is 154 Å². The molecule has 0 aromatic heterocycles. The molecule has 0 N–H and O–H groups in total. The molecular formula is C48H58O5. The standard InChI is InChI=1S/C48H58O5/c1-30(2)10-9-11-31(3)40-22-23-41-38-21-17-35-29-48(33-12-7-6-8-13-33,27-26-46(35,4)42(38)24-25-47(40,41)5)34-15-18-36(19-16-34)52-43(49)32-14-20-37-39(28-32)45(51)53-44(37)50/h6-8,12-16,18-20,28,30-31,35,38,40-42H,9-11,17,21-27,29H2,1-5H3. The van der Waals surface area contributed by atoms with E-state index in [0.717, 1.165) is 48.3 Å². The third-order valence-electron chi connectivity index (χ3n) is 15.8. The summed E-state index contributed by atoms with van der Waals surface area (Å²) in [6, 6.07) is 23.6. The molecular weight excluding hydrogens is 657 g/mol. The van der Waals surface area contributed by atoms with Gasteiger partial charge < -0.3 is 9.47 Å². The van der Waals surface area contributed by atoms with E-state index in [1.807, 2.05) is 12.1 Å². The number of rotatable bonds is 9.